The highest BCUT2D eigenvalue weighted by molar-refractivity contribution is 5.91. The van der Waals surface area contributed by atoms with Crippen LogP contribution in [0.25, 0.3) is 11.3 Å². The van der Waals surface area contributed by atoms with Crippen LogP contribution in [0.15, 0.2) is 30.5 Å². The maximum Gasteiger partial charge on any atom is 0.338 e. The van der Waals surface area contributed by atoms with E-state index in [-0.39, 0.29) is 5.97 Å². The van der Waals surface area contributed by atoms with Gasteiger partial charge in [-0.2, -0.15) is 0 Å². The Morgan fingerprint density at radius 1 is 1.17 bits per heavy atom. The van der Waals surface area contributed by atoms with E-state index in [1.165, 1.54) is 39.2 Å². The average molecular weight is 396 g/mol. The molecule has 29 heavy (non-hydrogen) atoms. The van der Waals surface area contributed by atoms with E-state index >= 15 is 0 Å². The molecule has 2 aliphatic rings. The van der Waals surface area contributed by atoms with Gasteiger partial charge in [-0.15, -0.1) is 0 Å². The van der Waals surface area contributed by atoms with Crippen LogP contribution in [0.1, 0.15) is 42.5 Å². The van der Waals surface area contributed by atoms with Gasteiger partial charge in [-0.25, -0.2) is 14.8 Å². The lowest BCUT2D eigenvalue weighted by atomic mass is 9.95. The molecule has 3 heterocycles. The molecule has 0 amide bonds. The number of anilines is 2. The fourth-order valence-electron chi connectivity index (χ4n) is 4.08. The lowest BCUT2D eigenvalue weighted by Gasteiger charge is -2.29. The van der Waals surface area contributed by atoms with Gasteiger partial charge < -0.3 is 20.3 Å². The minimum absolute atomic E-state index is 0.348. The summed E-state index contributed by atoms with van der Waals surface area (Å²) in [6.45, 7) is 3.54. The van der Waals surface area contributed by atoms with Gasteiger partial charge in [0.15, 0.2) is 0 Å². The molecule has 1 aliphatic carbocycles. The van der Waals surface area contributed by atoms with Crippen LogP contribution in [0, 0.1) is 0 Å². The first-order valence-corrected chi connectivity index (χ1v) is 10.5. The van der Waals surface area contributed by atoms with Crippen molar-refractivity contribution in [3.8, 4) is 11.3 Å². The maximum absolute atomic E-state index is 12.3. The number of rotatable bonds is 5. The molecule has 0 bridgehead atoms. The zero-order chi connectivity index (χ0) is 20.1. The number of pyridine rings is 2. The van der Waals surface area contributed by atoms with Crippen LogP contribution < -0.4 is 15.5 Å². The fraction of sp³-hybridized carbons (Fsp3) is 0.500. The third-order valence-corrected chi connectivity index (χ3v) is 5.69. The van der Waals surface area contributed by atoms with Gasteiger partial charge in [-0.05, 0) is 37.1 Å². The number of nitrogens with one attached hydrogen (secondary N) is 2. The number of ether oxygens (including phenoxy) is 1. The molecule has 2 aromatic rings. The highest BCUT2D eigenvalue weighted by Gasteiger charge is 2.18. The largest absolute Gasteiger partial charge is 0.465 e. The molecule has 1 saturated heterocycles. The van der Waals surface area contributed by atoms with Crippen molar-refractivity contribution in [1.82, 2.24) is 15.3 Å². The first-order chi connectivity index (χ1) is 14.2. The van der Waals surface area contributed by atoms with Crippen LogP contribution in [0.2, 0.25) is 0 Å². The number of aromatic nitrogens is 2. The van der Waals surface area contributed by atoms with E-state index in [0.717, 1.165) is 49.1 Å². The van der Waals surface area contributed by atoms with Crippen molar-refractivity contribution in [2.75, 3.05) is 43.5 Å². The summed E-state index contributed by atoms with van der Waals surface area (Å²) >= 11 is 0. The van der Waals surface area contributed by atoms with Crippen molar-refractivity contribution in [2.45, 2.75) is 38.1 Å². The van der Waals surface area contributed by atoms with E-state index in [1.807, 2.05) is 18.2 Å². The Morgan fingerprint density at radius 3 is 2.72 bits per heavy atom. The Kier molecular flexibility index (Phi) is 6.24. The molecule has 154 valence electrons. The van der Waals surface area contributed by atoms with Crippen molar-refractivity contribution in [3.63, 3.8) is 0 Å². The van der Waals surface area contributed by atoms with E-state index in [2.05, 4.69) is 20.5 Å². The molecular weight excluding hydrogens is 366 g/mol. The number of carbonyl (C=O) groups excluding carboxylic acids is 1. The molecular formula is C22H29N5O2. The number of nitrogens with zero attached hydrogens (tertiary/aromatic N) is 3. The van der Waals surface area contributed by atoms with Crippen LogP contribution in [-0.4, -0.2) is 55.3 Å². The Hall–Kier alpha value is -2.67. The predicted molar refractivity (Wildman–Crippen MR) is 114 cm³/mol. The SMILES string of the molecule is COC(=O)c1cc(-c2ccnc(NC3CCCCC3)c2)nc(N2CCNCC2)c1. The second kappa shape index (κ2) is 9.22. The highest BCUT2D eigenvalue weighted by atomic mass is 16.5. The summed E-state index contributed by atoms with van der Waals surface area (Å²) < 4.78 is 4.97. The Labute approximate surface area is 171 Å². The molecule has 2 aromatic heterocycles. The zero-order valence-electron chi connectivity index (χ0n) is 17.0. The van der Waals surface area contributed by atoms with Gasteiger partial charge in [0.05, 0.1) is 18.4 Å². The topological polar surface area (TPSA) is 79.4 Å². The molecule has 2 fully saturated rings. The molecule has 0 unspecified atom stereocenters. The number of hydrogen-bond acceptors (Lipinski definition) is 7. The van der Waals surface area contributed by atoms with Gasteiger partial charge in [0.1, 0.15) is 11.6 Å². The summed E-state index contributed by atoms with van der Waals surface area (Å²) in [6, 6.07) is 8.08. The lowest BCUT2D eigenvalue weighted by Crippen LogP contribution is -2.44. The molecule has 1 aliphatic heterocycles. The number of carbonyl (C=O) groups is 1. The van der Waals surface area contributed by atoms with Crippen LogP contribution >= 0.6 is 0 Å². The van der Waals surface area contributed by atoms with Crippen molar-refractivity contribution in [1.29, 1.82) is 0 Å². The van der Waals surface area contributed by atoms with Crippen LogP contribution in [0.5, 0.6) is 0 Å². The summed E-state index contributed by atoms with van der Waals surface area (Å²) in [5.74, 6) is 1.33. The average Bonchev–Trinajstić information content (AvgIpc) is 2.79. The van der Waals surface area contributed by atoms with E-state index in [9.17, 15) is 4.79 Å². The van der Waals surface area contributed by atoms with Crippen molar-refractivity contribution < 1.29 is 9.53 Å². The minimum Gasteiger partial charge on any atom is -0.465 e. The van der Waals surface area contributed by atoms with Crippen LogP contribution in [0.3, 0.4) is 0 Å². The molecule has 7 heteroatoms. The molecule has 0 atom stereocenters. The summed E-state index contributed by atoms with van der Waals surface area (Å²) in [4.78, 5) is 23.8. The summed E-state index contributed by atoms with van der Waals surface area (Å²) in [7, 11) is 1.41. The number of esters is 1. The first kappa shape index (κ1) is 19.6. The van der Waals surface area contributed by atoms with Gasteiger partial charge in [-0.1, -0.05) is 19.3 Å². The van der Waals surface area contributed by atoms with Crippen LogP contribution in [-0.2, 0) is 4.74 Å². The van der Waals surface area contributed by atoms with E-state index in [1.54, 1.807) is 12.3 Å². The third kappa shape index (κ3) is 4.85. The molecule has 4 rings (SSSR count). The summed E-state index contributed by atoms with van der Waals surface area (Å²) in [5, 5.41) is 6.92. The van der Waals surface area contributed by atoms with Crippen molar-refractivity contribution in [3.05, 3.63) is 36.0 Å². The predicted octanol–water partition coefficient (Wildman–Crippen LogP) is 3.08. The molecule has 7 nitrogen and oxygen atoms in total. The molecule has 1 saturated carbocycles. The quantitative estimate of drug-likeness (QED) is 0.753. The molecule has 0 aromatic carbocycles. The Bertz CT molecular complexity index is 845. The van der Waals surface area contributed by atoms with Gasteiger partial charge in [-0.3, -0.25) is 0 Å². The highest BCUT2D eigenvalue weighted by Crippen LogP contribution is 2.27. The van der Waals surface area contributed by atoms with Crippen LogP contribution in [0.4, 0.5) is 11.6 Å². The smallest absolute Gasteiger partial charge is 0.338 e. The zero-order valence-corrected chi connectivity index (χ0v) is 17.0. The first-order valence-electron chi connectivity index (χ1n) is 10.5. The monoisotopic (exact) mass is 395 g/mol. The summed E-state index contributed by atoms with van der Waals surface area (Å²) in [5.41, 5.74) is 2.22. The van der Waals surface area contributed by atoms with Crippen molar-refractivity contribution in [2.24, 2.45) is 0 Å². The number of piperazine rings is 1. The maximum atomic E-state index is 12.3. The number of methoxy groups -OCH3 is 1. The van der Waals surface area contributed by atoms with E-state index < -0.39 is 0 Å². The Balaban J connectivity index is 1.64. The van der Waals surface area contributed by atoms with Gasteiger partial charge in [0.25, 0.3) is 0 Å². The molecule has 0 radical (unpaired) electrons. The van der Waals surface area contributed by atoms with Gasteiger partial charge >= 0.3 is 5.97 Å². The Morgan fingerprint density at radius 2 is 1.97 bits per heavy atom. The van der Waals surface area contributed by atoms with Gasteiger partial charge in [0.2, 0.25) is 0 Å². The minimum atomic E-state index is -0.348. The number of hydrogen-bond donors (Lipinski definition) is 2. The van der Waals surface area contributed by atoms with E-state index in [0.29, 0.717) is 11.6 Å². The van der Waals surface area contributed by atoms with E-state index in [4.69, 9.17) is 9.72 Å². The second-order valence-corrected chi connectivity index (χ2v) is 7.74. The fourth-order valence-corrected chi connectivity index (χ4v) is 4.08. The standard InChI is InChI=1S/C22H29N5O2/c1-29-22(28)17-13-19(26-21(15-17)27-11-9-23-10-12-27)16-7-8-24-20(14-16)25-18-5-3-2-4-6-18/h7-8,13-15,18,23H,2-6,9-12H2,1H3,(H,24,25). The van der Waals surface area contributed by atoms with Crippen molar-refractivity contribution >= 4 is 17.6 Å². The molecule has 2 N–H and O–H groups in total. The van der Waals surface area contributed by atoms with Gasteiger partial charge in [0, 0.05) is 44.0 Å². The molecule has 0 spiro atoms. The second-order valence-electron chi connectivity index (χ2n) is 7.74. The third-order valence-electron chi connectivity index (χ3n) is 5.69. The lowest BCUT2D eigenvalue weighted by molar-refractivity contribution is 0.0600. The normalized spacial score (nSPS) is 17.8. The summed E-state index contributed by atoms with van der Waals surface area (Å²) in [6.07, 6.45) is 8.05.